The SMILES string of the molecule is CC1=C(/C=C/C(C)=C/C=C2\OC(=O)C(Br)=C2C)C(C)(C)CCC1. The molecule has 0 aromatic heterocycles. The molecule has 0 saturated heterocycles. The Labute approximate surface area is 147 Å². The van der Waals surface area contributed by atoms with E-state index in [-0.39, 0.29) is 11.4 Å². The highest BCUT2D eigenvalue weighted by molar-refractivity contribution is 9.12. The Balaban J connectivity index is 2.16. The molecule has 0 N–H and O–H groups in total. The largest absolute Gasteiger partial charge is 0.422 e. The molecule has 1 aliphatic carbocycles. The van der Waals surface area contributed by atoms with Crippen molar-refractivity contribution in [3.8, 4) is 0 Å². The number of carbonyl (C=O) groups excluding carboxylic acids is 1. The van der Waals surface area contributed by atoms with E-state index in [0.29, 0.717) is 10.2 Å². The molecule has 124 valence electrons. The third kappa shape index (κ3) is 4.14. The zero-order valence-electron chi connectivity index (χ0n) is 14.6. The highest BCUT2D eigenvalue weighted by Gasteiger charge is 2.26. The first-order valence-corrected chi connectivity index (χ1v) is 8.87. The molecule has 0 unspecified atom stereocenters. The van der Waals surface area contributed by atoms with Gasteiger partial charge in [0.05, 0.1) is 0 Å². The van der Waals surface area contributed by atoms with Crippen molar-refractivity contribution in [3.05, 3.63) is 56.8 Å². The maximum Gasteiger partial charge on any atom is 0.351 e. The minimum Gasteiger partial charge on any atom is -0.422 e. The minimum atomic E-state index is -0.319. The van der Waals surface area contributed by atoms with Gasteiger partial charge in [-0.1, -0.05) is 43.2 Å². The zero-order valence-corrected chi connectivity index (χ0v) is 16.2. The van der Waals surface area contributed by atoms with Crippen LogP contribution < -0.4 is 0 Å². The van der Waals surface area contributed by atoms with Gasteiger partial charge >= 0.3 is 5.97 Å². The predicted octanol–water partition coefficient (Wildman–Crippen LogP) is 6.13. The van der Waals surface area contributed by atoms with Crippen molar-refractivity contribution in [1.29, 1.82) is 0 Å². The fourth-order valence-corrected chi connectivity index (χ4v) is 3.41. The van der Waals surface area contributed by atoms with Gasteiger partial charge in [0.2, 0.25) is 0 Å². The molecule has 23 heavy (non-hydrogen) atoms. The number of rotatable bonds is 3. The highest BCUT2D eigenvalue weighted by Crippen LogP contribution is 2.40. The van der Waals surface area contributed by atoms with Gasteiger partial charge in [0.25, 0.3) is 0 Å². The molecule has 0 saturated carbocycles. The van der Waals surface area contributed by atoms with E-state index in [0.717, 1.165) is 11.1 Å². The van der Waals surface area contributed by atoms with Crippen LogP contribution in [-0.2, 0) is 9.53 Å². The molecule has 3 heteroatoms. The van der Waals surface area contributed by atoms with E-state index < -0.39 is 0 Å². The summed E-state index contributed by atoms with van der Waals surface area (Å²) in [4.78, 5) is 11.5. The van der Waals surface area contributed by atoms with Gasteiger partial charge in [0.15, 0.2) is 0 Å². The van der Waals surface area contributed by atoms with Crippen LogP contribution in [0.5, 0.6) is 0 Å². The summed E-state index contributed by atoms with van der Waals surface area (Å²) >= 11 is 3.24. The first-order valence-electron chi connectivity index (χ1n) is 8.08. The summed E-state index contributed by atoms with van der Waals surface area (Å²) < 4.78 is 5.71. The number of allylic oxidation sites excluding steroid dienone is 8. The molecular formula is C20H25BrO2. The summed E-state index contributed by atoms with van der Waals surface area (Å²) in [7, 11) is 0. The molecule has 0 amide bonds. The molecule has 0 bridgehead atoms. The average molecular weight is 377 g/mol. The Bertz CT molecular complexity index is 670. The van der Waals surface area contributed by atoms with Crippen LogP contribution in [0.25, 0.3) is 0 Å². The van der Waals surface area contributed by atoms with Crippen molar-refractivity contribution in [2.45, 2.75) is 53.9 Å². The zero-order chi connectivity index (χ0) is 17.2. The van der Waals surface area contributed by atoms with Crippen LogP contribution in [0.1, 0.15) is 53.9 Å². The first-order chi connectivity index (χ1) is 10.7. The first kappa shape index (κ1) is 18.0. The number of ether oxygens (including phenoxy) is 1. The average Bonchev–Trinajstić information content (AvgIpc) is 2.71. The number of cyclic esters (lactones) is 1. The van der Waals surface area contributed by atoms with Crippen molar-refractivity contribution in [2.24, 2.45) is 5.41 Å². The third-order valence-electron chi connectivity index (χ3n) is 4.63. The van der Waals surface area contributed by atoms with Gasteiger partial charge in [-0.05, 0) is 73.0 Å². The van der Waals surface area contributed by atoms with Crippen molar-refractivity contribution >= 4 is 21.9 Å². The van der Waals surface area contributed by atoms with Crippen LogP contribution >= 0.6 is 15.9 Å². The maximum absolute atomic E-state index is 11.5. The lowest BCUT2D eigenvalue weighted by Crippen LogP contribution is -2.19. The van der Waals surface area contributed by atoms with Gasteiger partial charge in [-0.2, -0.15) is 0 Å². The quantitative estimate of drug-likeness (QED) is 0.437. The van der Waals surface area contributed by atoms with Gasteiger partial charge in [-0.25, -0.2) is 4.79 Å². The lowest BCUT2D eigenvalue weighted by atomic mass is 9.72. The Hall–Kier alpha value is -1.35. The van der Waals surface area contributed by atoms with E-state index in [1.54, 1.807) is 0 Å². The van der Waals surface area contributed by atoms with E-state index in [9.17, 15) is 4.79 Å². The van der Waals surface area contributed by atoms with Crippen LogP contribution in [0.4, 0.5) is 0 Å². The molecule has 0 aromatic carbocycles. The Morgan fingerprint density at radius 2 is 2.00 bits per heavy atom. The Morgan fingerprint density at radius 1 is 1.30 bits per heavy atom. The Kier molecular flexibility index (Phi) is 5.51. The molecular weight excluding hydrogens is 352 g/mol. The van der Waals surface area contributed by atoms with Gasteiger partial charge in [0, 0.05) is 5.57 Å². The number of hydrogen-bond acceptors (Lipinski definition) is 2. The summed E-state index contributed by atoms with van der Waals surface area (Å²) in [6.07, 6.45) is 12.0. The molecule has 0 fully saturated rings. The Morgan fingerprint density at radius 3 is 2.57 bits per heavy atom. The molecule has 2 nitrogen and oxygen atoms in total. The number of hydrogen-bond donors (Lipinski definition) is 0. The van der Waals surface area contributed by atoms with Crippen LogP contribution in [0.15, 0.2) is 56.8 Å². The predicted molar refractivity (Wildman–Crippen MR) is 99.0 cm³/mol. The summed E-state index contributed by atoms with van der Waals surface area (Å²) in [5.41, 5.74) is 5.18. The smallest absolute Gasteiger partial charge is 0.351 e. The van der Waals surface area contributed by atoms with Crippen molar-refractivity contribution in [2.75, 3.05) is 0 Å². The lowest BCUT2D eigenvalue weighted by Gasteiger charge is -2.32. The molecule has 1 heterocycles. The van der Waals surface area contributed by atoms with Crippen molar-refractivity contribution < 1.29 is 9.53 Å². The summed E-state index contributed by atoms with van der Waals surface area (Å²) in [6, 6.07) is 0. The fourth-order valence-electron chi connectivity index (χ4n) is 3.13. The standard InChI is InChI=1S/C20H25BrO2/c1-13(9-11-17-15(3)18(21)19(22)23-17)8-10-16-14(2)7-6-12-20(16,4)5/h8-11H,6-7,12H2,1-5H3/b10-8+,13-9+,17-11-. The molecule has 0 spiro atoms. The lowest BCUT2D eigenvalue weighted by molar-refractivity contribution is -0.132. The molecule has 2 aliphatic rings. The van der Waals surface area contributed by atoms with Crippen molar-refractivity contribution in [1.82, 2.24) is 0 Å². The second-order valence-corrected chi connectivity index (χ2v) is 7.83. The van der Waals surface area contributed by atoms with E-state index >= 15 is 0 Å². The van der Waals surface area contributed by atoms with Crippen LogP contribution in [0, 0.1) is 5.41 Å². The summed E-state index contributed by atoms with van der Waals surface area (Å²) in [5.74, 6) is 0.295. The molecule has 1 aliphatic heterocycles. The van der Waals surface area contributed by atoms with Crippen molar-refractivity contribution in [3.63, 3.8) is 0 Å². The van der Waals surface area contributed by atoms with E-state index in [1.807, 2.05) is 19.1 Å². The maximum atomic E-state index is 11.5. The second-order valence-electron chi connectivity index (χ2n) is 7.03. The highest BCUT2D eigenvalue weighted by atomic mass is 79.9. The van der Waals surface area contributed by atoms with Crippen LogP contribution in [0.3, 0.4) is 0 Å². The van der Waals surface area contributed by atoms with Gasteiger partial charge < -0.3 is 4.74 Å². The monoisotopic (exact) mass is 376 g/mol. The third-order valence-corrected chi connectivity index (χ3v) is 5.55. The molecule has 2 rings (SSSR count). The van der Waals surface area contributed by atoms with Crippen LogP contribution in [-0.4, -0.2) is 5.97 Å². The van der Waals surface area contributed by atoms with Gasteiger partial charge in [0.1, 0.15) is 10.2 Å². The molecule has 0 atom stereocenters. The van der Waals surface area contributed by atoms with E-state index in [4.69, 9.17) is 4.74 Å². The number of esters is 1. The van der Waals surface area contributed by atoms with Gasteiger partial charge in [-0.3, -0.25) is 0 Å². The number of carbonyl (C=O) groups is 1. The van der Waals surface area contributed by atoms with Crippen LogP contribution in [0.2, 0.25) is 0 Å². The fraction of sp³-hybridized carbons (Fsp3) is 0.450. The number of halogens is 1. The second kappa shape index (κ2) is 7.04. The topological polar surface area (TPSA) is 26.3 Å². The molecule has 0 radical (unpaired) electrons. The summed E-state index contributed by atoms with van der Waals surface area (Å²) in [6.45, 7) is 10.8. The normalized spacial score (nSPS) is 24.2. The summed E-state index contributed by atoms with van der Waals surface area (Å²) in [5, 5.41) is 0. The molecule has 0 aromatic rings. The van der Waals surface area contributed by atoms with E-state index in [2.05, 4.69) is 55.8 Å². The van der Waals surface area contributed by atoms with E-state index in [1.165, 1.54) is 30.4 Å². The minimum absolute atomic E-state index is 0.253. The van der Waals surface area contributed by atoms with Gasteiger partial charge in [-0.15, -0.1) is 0 Å².